The Labute approximate surface area is 248 Å². The van der Waals surface area contributed by atoms with E-state index in [-0.39, 0.29) is 5.56 Å². The smallest absolute Gasteiger partial charge is 0.464 e. The molecule has 1 atom stereocenters. The van der Waals surface area contributed by atoms with Gasteiger partial charge < -0.3 is 4.74 Å². The van der Waals surface area contributed by atoms with Crippen LogP contribution in [0.2, 0.25) is 0 Å². The van der Waals surface area contributed by atoms with Crippen LogP contribution in [0.1, 0.15) is 44.1 Å². The molecule has 4 bridgehead atoms. The lowest BCUT2D eigenvalue weighted by atomic mass is 9.56. The molecule has 4 aliphatic carbocycles. The van der Waals surface area contributed by atoms with Gasteiger partial charge in [-0.15, -0.1) is 0 Å². The number of rotatable bonds is 8. The number of esters is 1. The largest absolute Gasteiger partial charge is 0.465 e. The molecule has 4 aliphatic rings. The first kappa shape index (κ1) is 38.1. The summed E-state index contributed by atoms with van der Waals surface area (Å²) in [4.78, 5) is 9.97. The van der Waals surface area contributed by atoms with Crippen LogP contribution in [-0.4, -0.2) is 70.2 Å². The minimum Gasteiger partial charge on any atom is -0.464 e. The van der Waals surface area contributed by atoms with E-state index < -0.39 is 64.9 Å². The molecule has 0 aromatic heterocycles. The highest BCUT2D eigenvalue weighted by atomic mass is 32.2. The van der Waals surface area contributed by atoms with Crippen molar-refractivity contribution >= 4 is 36.3 Å². The fraction of sp³-hybridized carbons (Fsp3) is 0.696. The Bertz CT molecular complexity index is 1410. The minimum absolute atomic E-state index is 0.0800. The number of methoxy groups -OCH3 is 1. The van der Waals surface area contributed by atoms with Crippen LogP contribution in [0.4, 0.5) is 30.7 Å². The molecule has 0 aliphatic heterocycles. The molecule has 0 spiro atoms. The second-order valence-corrected chi connectivity index (χ2v) is 15.2. The molecule has 254 valence electrons. The van der Waals surface area contributed by atoms with Gasteiger partial charge in [-0.2, -0.15) is 56.0 Å². The third-order valence-corrected chi connectivity index (χ3v) is 10.0. The topological polar surface area (TPSA) is 178 Å². The fourth-order valence-electron chi connectivity index (χ4n) is 5.60. The average molecular weight is 711 g/mol. The summed E-state index contributed by atoms with van der Waals surface area (Å²) in [6, 6.07) is 6.47. The van der Waals surface area contributed by atoms with Crippen LogP contribution in [-0.2, 0) is 49.8 Å². The minimum atomic E-state index is -6.57. The van der Waals surface area contributed by atoms with Crippen molar-refractivity contribution in [3.05, 3.63) is 35.9 Å². The molecular formula is C23H29F7O11S3. The quantitative estimate of drug-likeness (QED) is 0.169. The van der Waals surface area contributed by atoms with E-state index in [1.54, 1.807) is 38.5 Å². The standard InChI is InChI=1S/C10H9F5O6S2.C10H16.C3H4F2O5S/c11-9(12,13)8(10(14,15)23(18,19)20)21-22(16,17)6-7-4-2-1-3-5-7;1-7-2-9-4-8(1)5-10(3-7)6-9;1-10-2(6)3(4,5)11(7,8)9/h1-5,8H,6H2,(H,18,19,20);7-10H,1-6H2;1H3,(H,7,8,9). The van der Waals surface area contributed by atoms with Crippen LogP contribution in [0.5, 0.6) is 0 Å². The number of halogens is 7. The maximum Gasteiger partial charge on any atom is 0.465 e. The fourth-order valence-corrected chi connectivity index (χ4v) is 7.60. The van der Waals surface area contributed by atoms with E-state index in [0.717, 1.165) is 0 Å². The molecule has 4 saturated carbocycles. The van der Waals surface area contributed by atoms with Gasteiger partial charge in [0, 0.05) is 0 Å². The average Bonchev–Trinajstić information content (AvgIpc) is 2.85. The van der Waals surface area contributed by atoms with Crippen molar-refractivity contribution < 1.29 is 78.8 Å². The van der Waals surface area contributed by atoms with Gasteiger partial charge in [0.15, 0.2) is 0 Å². The summed E-state index contributed by atoms with van der Waals surface area (Å²) in [5.41, 5.74) is -0.0800. The van der Waals surface area contributed by atoms with E-state index >= 15 is 0 Å². The number of alkyl halides is 7. The normalized spacial score (nSPS) is 24.3. The Morgan fingerprint density at radius 1 is 0.773 bits per heavy atom. The highest BCUT2D eigenvalue weighted by Crippen LogP contribution is 2.53. The Morgan fingerprint density at radius 3 is 1.43 bits per heavy atom. The van der Waals surface area contributed by atoms with Gasteiger partial charge in [-0.05, 0) is 67.8 Å². The van der Waals surface area contributed by atoms with Crippen LogP contribution in [0.3, 0.4) is 0 Å². The van der Waals surface area contributed by atoms with Gasteiger partial charge in [0.05, 0.1) is 7.11 Å². The Kier molecular flexibility index (Phi) is 11.9. The van der Waals surface area contributed by atoms with Gasteiger partial charge in [0.25, 0.3) is 16.2 Å². The molecule has 11 nitrogen and oxygen atoms in total. The first-order valence-electron chi connectivity index (χ1n) is 12.6. The second kappa shape index (κ2) is 13.7. The highest BCUT2D eigenvalue weighted by Gasteiger charge is 2.66. The molecule has 0 heterocycles. The van der Waals surface area contributed by atoms with Crippen molar-refractivity contribution in [1.29, 1.82) is 0 Å². The summed E-state index contributed by atoms with van der Waals surface area (Å²) in [6.45, 7) is 0. The SMILES string of the molecule is C1C2CC3CC1CC(C2)C3.COC(=O)C(F)(F)S(=O)(=O)O.O=S(=O)(Cc1ccccc1)OC(C(F)(F)F)C(F)(F)S(=O)(=O)O. The predicted molar refractivity (Wildman–Crippen MR) is 137 cm³/mol. The third kappa shape index (κ3) is 9.96. The molecule has 1 aromatic rings. The third-order valence-electron chi connectivity index (χ3n) is 7.12. The number of carbonyl (C=O) groups excluding carboxylic acids is 1. The van der Waals surface area contributed by atoms with Gasteiger partial charge >= 0.3 is 42.9 Å². The van der Waals surface area contributed by atoms with Crippen molar-refractivity contribution in [3.8, 4) is 0 Å². The van der Waals surface area contributed by atoms with E-state index in [2.05, 4.69) is 8.92 Å². The predicted octanol–water partition coefficient (Wildman–Crippen LogP) is 4.42. The molecule has 5 rings (SSSR count). The molecular weight excluding hydrogens is 681 g/mol. The summed E-state index contributed by atoms with van der Waals surface area (Å²) in [5, 5.41) is -10.8. The zero-order valence-electron chi connectivity index (χ0n) is 22.7. The second-order valence-electron chi connectivity index (χ2n) is 10.6. The number of carbonyl (C=O) groups is 1. The Balaban J connectivity index is 0.000000263. The number of hydrogen-bond donors (Lipinski definition) is 2. The van der Waals surface area contributed by atoms with E-state index in [1.165, 1.54) is 54.0 Å². The lowest BCUT2D eigenvalue weighted by Gasteiger charge is -2.49. The van der Waals surface area contributed by atoms with E-state index in [1.807, 2.05) is 0 Å². The first-order chi connectivity index (χ1) is 19.8. The first-order valence-corrected chi connectivity index (χ1v) is 17.1. The number of benzene rings is 1. The summed E-state index contributed by atoms with van der Waals surface area (Å²) < 4.78 is 174. The van der Waals surface area contributed by atoms with Gasteiger partial charge in [-0.3, -0.25) is 9.11 Å². The van der Waals surface area contributed by atoms with Crippen molar-refractivity contribution in [1.82, 2.24) is 0 Å². The summed E-state index contributed by atoms with van der Waals surface area (Å²) >= 11 is 0. The molecule has 0 radical (unpaired) electrons. The van der Waals surface area contributed by atoms with Crippen LogP contribution < -0.4 is 0 Å². The van der Waals surface area contributed by atoms with Gasteiger partial charge in [0.1, 0.15) is 5.75 Å². The van der Waals surface area contributed by atoms with Gasteiger partial charge in [-0.1, -0.05) is 30.3 Å². The molecule has 44 heavy (non-hydrogen) atoms. The highest BCUT2D eigenvalue weighted by molar-refractivity contribution is 7.88. The molecule has 1 aromatic carbocycles. The monoisotopic (exact) mass is 710 g/mol. The lowest BCUT2D eigenvalue weighted by Crippen LogP contribution is -2.52. The molecule has 21 heteroatoms. The molecule has 0 amide bonds. The summed E-state index contributed by atoms with van der Waals surface area (Å²) in [6.07, 6.45) is -1.04. The zero-order valence-corrected chi connectivity index (χ0v) is 25.1. The van der Waals surface area contributed by atoms with Crippen LogP contribution in [0.25, 0.3) is 0 Å². The van der Waals surface area contributed by atoms with E-state index in [9.17, 15) is 60.8 Å². The summed E-state index contributed by atoms with van der Waals surface area (Å²) in [5.74, 6) is 1.18. The van der Waals surface area contributed by atoms with Gasteiger partial charge in [-0.25, -0.2) is 8.98 Å². The van der Waals surface area contributed by atoms with E-state index in [0.29, 0.717) is 7.11 Å². The van der Waals surface area contributed by atoms with E-state index in [4.69, 9.17) is 9.11 Å². The van der Waals surface area contributed by atoms with Crippen LogP contribution in [0, 0.1) is 23.7 Å². The lowest BCUT2D eigenvalue weighted by molar-refractivity contribution is -0.237. The van der Waals surface area contributed by atoms with Crippen molar-refractivity contribution in [3.63, 3.8) is 0 Å². The molecule has 2 N–H and O–H groups in total. The van der Waals surface area contributed by atoms with Crippen molar-refractivity contribution in [2.45, 2.75) is 67.1 Å². The van der Waals surface area contributed by atoms with Crippen LogP contribution in [0.15, 0.2) is 30.3 Å². The maximum atomic E-state index is 13.2. The summed E-state index contributed by atoms with van der Waals surface area (Å²) in [7, 11) is -17.0. The number of hydrogen-bond acceptors (Lipinski definition) is 9. The van der Waals surface area contributed by atoms with Crippen molar-refractivity contribution in [2.75, 3.05) is 7.11 Å². The molecule has 1 unspecified atom stereocenters. The Hall–Kier alpha value is -2.07. The van der Waals surface area contributed by atoms with Gasteiger partial charge in [0.2, 0.25) is 0 Å². The molecule has 4 fully saturated rings. The maximum absolute atomic E-state index is 13.2. The zero-order chi connectivity index (χ0) is 33.9. The van der Waals surface area contributed by atoms with Crippen LogP contribution >= 0.6 is 0 Å². The molecule has 0 saturated heterocycles. The Morgan fingerprint density at radius 2 is 1.16 bits per heavy atom. The van der Waals surface area contributed by atoms with Crippen molar-refractivity contribution in [2.24, 2.45) is 23.7 Å². The number of ether oxygens (including phenoxy) is 1.